The van der Waals surface area contributed by atoms with Crippen LogP contribution in [0.15, 0.2) is 12.3 Å². The lowest BCUT2D eigenvalue weighted by molar-refractivity contribution is -0.152. The number of primary amides is 2. The third-order valence-electron chi connectivity index (χ3n) is 4.60. The van der Waals surface area contributed by atoms with E-state index in [0.717, 1.165) is 19.3 Å². The Labute approximate surface area is 167 Å². The summed E-state index contributed by atoms with van der Waals surface area (Å²) in [5.41, 5.74) is 9.98. The number of rotatable bonds is 18. The molecule has 0 saturated carbocycles. The van der Waals surface area contributed by atoms with Crippen LogP contribution in [0.2, 0.25) is 0 Å². The van der Waals surface area contributed by atoms with Crippen molar-refractivity contribution in [2.75, 3.05) is 0 Å². The number of amides is 2. The molecule has 0 aliphatic carbocycles. The number of hydrogen-bond acceptors (Lipinski definition) is 6. The zero-order chi connectivity index (χ0) is 21.4. The zero-order valence-electron chi connectivity index (χ0n) is 17.0. The van der Waals surface area contributed by atoms with Crippen LogP contribution in [0.4, 0.5) is 0 Å². The number of unbranched alkanes of at least 4 members (excludes halogenated alkanes) is 10. The van der Waals surface area contributed by atoms with Gasteiger partial charge in [0.2, 0.25) is 12.0 Å². The fraction of sp³-hybridized carbons (Fsp3) is 0.800. The predicted molar refractivity (Wildman–Crippen MR) is 107 cm³/mol. The van der Waals surface area contributed by atoms with Gasteiger partial charge in [-0.15, -0.1) is 0 Å². The van der Waals surface area contributed by atoms with Gasteiger partial charge in [-0.1, -0.05) is 64.7 Å². The molecule has 28 heavy (non-hydrogen) atoms. The Morgan fingerprint density at radius 1 is 0.821 bits per heavy atom. The van der Waals surface area contributed by atoms with Crippen molar-refractivity contribution in [3.63, 3.8) is 0 Å². The molecule has 0 rings (SSSR count). The molecule has 0 aromatic carbocycles. The van der Waals surface area contributed by atoms with Crippen LogP contribution in [-0.2, 0) is 14.3 Å². The fourth-order valence-corrected chi connectivity index (χ4v) is 2.81. The van der Waals surface area contributed by atoms with Gasteiger partial charge < -0.3 is 31.5 Å². The molecule has 7 N–H and O–H groups in total. The van der Waals surface area contributed by atoms with Crippen LogP contribution in [0.1, 0.15) is 77.6 Å². The number of carbonyl (C=O) groups excluding carboxylic acids is 2. The Kier molecular flexibility index (Phi) is 15.4. The first-order valence-corrected chi connectivity index (χ1v) is 10.3. The average molecular weight is 403 g/mol. The molecule has 0 aliphatic heterocycles. The second-order valence-electron chi connectivity index (χ2n) is 7.13. The van der Waals surface area contributed by atoms with Crippen molar-refractivity contribution in [1.29, 1.82) is 0 Å². The quantitative estimate of drug-likeness (QED) is 0.172. The summed E-state index contributed by atoms with van der Waals surface area (Å²) in [5, 5.41) is 28.9. The van der Waals surface area contributed by atoms with E-state index in [0.29, 0.717) is 0 Å². The number of nitrogens with two attached hydrogens (primary N) is 2. The van der Waals surface area contributed by atoms with Crippen molar-refractivity contribution in [2.45, 2.75) is 102 Å². The Hall–Kier alpha value is -1.64. The van der Waals surface area contributed by atoms with Gasteiger partial charge in [-0.25, -0.2) is 0 Å². The third kappa shape index (κ3) is 11.9. The molecule has 2 amide bonds. The van der Waals surface area contributed by atoms with Crippen molar-refractivity contribution < 1.29 is 29.6 Å². The molecule has 164 valence electrons. The van der Waals surface area contributed by atoms with Crippen molar-refractivity contribution in [3.8, 4) is 0 Å². The standard InChI is InChI=1S/C20H38N2O6/c1-2-3-4-5-6-7-8-9-10-11-12-13-14-28-18(20(22)27)16(24)15(23)17(25)19(21)26/h13-18,23-25H,2-12H2,1H3,(H2,21,26)(H2,22,27)/b14-13+/t15-,16-,17-,18+/m0/s1. The largest absolute Gasteiger partial charge is 0.486 e. The molecule has 8 nitrogen and oxygen atoms in total. The van der Waals surface area contributed by atoms with Crippen LogP contribution >= 0.6 is 0 Å². The minimum Gasteiger partial charge on any atom is -0.486 e. The number of allylic oxidation sites excluding steroid dienone is 1. The molecule has 0 unspecified atom stereocenters. The Morgan fingerprint density at radius 2 is 1.32 bits per heavy atom. The number of carbonyl (C=O) groups is 2. The van der Waals surface area contributed by atoms with E-state index < -0.39 is 36.2 Å². The Balaban J connectivity index is 3.98. The van der Waals surface area contributed by atoms with Gasteiger partial charge in [0, 0.05) is 0 Å². The van der Waals surface area contributed by atoms with Gasteiger partial charge in [0.1, 0.15) is 12.2 Å². The number of aliphatic hydroxyl groups is 3. The summed E-state index contributed by atoms with van der Waals surface area (Å²) < 4.78 is 5.08. The lowest BCUT2D eigenvalue weighted by Crippen LogP contribution is -2.53. The summed E-state index contributed by atoms with van der Waals surface area (Å²) in [6.45, 7) is 2.22. The van der Waals surface area contributed by atoms with Crippen LogP contribution in [-0.4, -0.2) is 51.5 Å². The first-order valence-electron chi connectivity index (χ1n) is 10.3. The molecular formula is C20H38N2O6. The van der Waals surface area contributed by atoms with E-state index in [-0.39, 0.29) is 0 Å². The molecule has 0 saturated heterocycles. The topological polar surface area (TPSA) is 156 Å². The maximum absolute atomic E-state index is 11.4. The van der Waals surface area contributed by atoms with Crippen LogP contribution in [0.5, 0.6) is 0 Å². The molecule has 0 fully saturated rings. The molecule has 0 aliphatic rings. The van der Waals surface area contributed by atoms with E-state index in [1.165, 1.54) is 57.6 Å². The smallest absolute Gasteiger partial charge is 0.261 e. The monoisotopic (exact) mass is 402 g/mol. The fourth-order valence-electron chi connectivity index (χ4n) is 2.81. The molecular weight excluding hydrogens is 364 g/mol. The summed E-state index contributed by atoms with van der Waals surface area (Å²) in [7, 11) is 0. The van der Waals surface area contributed by atoms with Crippen LogP contribution in [0, 0.1) is 0 Å². The van der Waals surface area contributed by atoms with Crippen molar-refractivity contribution >= 4 is 11.8 Å². The first-order chi connectivity index (χ1) is 13.3. The van der Waals surface area contributed by atoms with Gasteiger partial charge in [-0.2, -0.15) is 0 Å². The summed E-state index contributed by atoms with van der Waals surface area (Å²) in [6, 6.07) is 0. The average Bonchev–Trinajstić information content (AvgIpc) is 2.66. The maximum Gasteiger partial charge on any atom is 0.261 e. The lowest BCUT2D eigenvalue weighted by atomic mass is 10.0. The lowest BCUT2D eigenvalue weighted by Gasteiger charge is -2.25. The predicted octanol–water partition coefficient (Wildman–Crippen LogP) is 1.25. The van der Waals surface area contributed by atoms with E-state index >= 15 is 0 Å². The highest BCUT2D eigenvalue weighted by Crippen LogP contribution is 2.12. The minimum atomic E-state index is -2.03. The maximum atomic E-state index is 11.4. The van der Waals surface area contributed by atoms with Gasteiger partial charge in [0.05, 0.1) is 6.26 Å². The normalized spacial score (nSPS) is 15.9. The van der Waals surface area contributed by atoms with Gasteiger partial charge in [-0.05, 0) is 18.9 Å². The second kappa shape index (κ2) is 16.3. The molecule has 0 spiro atoms. The molecule has 0 heterocycles. The van der Waals surface area contributed by atoms with E-state index in [4.69, 9.17) is 16.2 Å². The molecule has 0 radical (unpaired) electrons. The summed E-state index contributed by atoms with van der Waals surface area (Å²) in [6.07, 6.45) is 8.51. The highest BCUT2D eigenvalue weighted by molar-refractivity contribution is 5.81. The number of aliphatic hydroxyl groups excluding tert-OH is 3. The van der Waals surface area contributed by atoms with Gasteiger partial charge >= 0.3 is 0 Å². The third-order valence-corrected chi connectivity index (χ3v) is 4.60. The van der Waals surface area contributed by atoms with Crippen LogP contribution in [0.3, 0.4) is 0 Å². The minimum absolute atomic E-state index is 0.741. The highest BCUT2D eigenvalue weighted by atomic mass is 16.5. The first kappa shape index (κ1) is 26.4. The Bertz CT molecular complexity index is 458. The SMILES string of the molecule is CCCCCCCCCCCC/C=C/O[C@@H](C(N)=O)[C@@H](O)[C@H](O)[C@H](O)C(N)=O. The van der Waals surface area contributed by atoms with Crippen molar-refractivity contribution in [2.24, 2.45) is 11.5 Å². The molecule has 0 aromatic rings. The second-order valence-corrected chi connectivity index (χ2v) is 7.13. The summed E-state index contributed by atoms with van der Waals surface area (Å²) >= 11 is 0. The highest BCUT2D eigenvalue weighted by Gasteiger charge is 2.37. The molecule has 0 aromatic heterocycles. The summed E-state index contributed by atoms with van der Waals surface area (Å²) in [4.78, 5) is 22.2. The van der Waals surface area contributed by atoms with Crippen LogP contribution in [0.25, 0.3) is 0 Å². The summed E-state index contributed by atoms with van der Waals surface area (Å²) in [5.74, 6) is -2.27. The van der Waals surface area contributed by atoms with Crippen LogP contribution < -0.4 is 11.5 Å². The molecule has 4 atom stereocenters. The molecule has 8 heteroatoms. The van der Waals surface area contributed by atoms with Crippen molar-refractivity contribution in [1.82, 2.24) is 0 Å². The van der Waals surface area contributed by atoms with E-state index in [2.05, 4.69) is 6.92 Å². The number of ether oxygens (including phenoxy) is 1. The number of hydrogen-bond donors (Lipinski definition) is 5. The zero-order valence-corrected chi connectivity index (χ0v) is 17.0. The van der Waals surface area contributed by atoms with E-state index in [1.54, 1.807) is 6.08 Å². The van der Waals surface area contributed by atoms with Gasteiger partial charge in [0.15, 0.2) is 6.10 Å². The molecule has 0 bridgehead atoms. The van der Waals surface area contributed by atoms with E-state index in [9.17, 15) is 24.9 Å². The Morgan fingerprint density at radius 3 is 1.79 bits per heavy atom. The van der Waals surface area contributed by atoms with Crippen molar-refractivity contribution in [3.05, 3.63) is 12.3 Å². The van der Waals surface area contributed by atoms with E-state index in [1.807, 2.05) is 0 Å². The van der Waals surface area contributed by atoms with Gasteiger partial charge in [-0.3, -0.25) is 9.59 Å². The van der Waals surface area contributed by atoms with Gasteiger partial charge in [0.25, 0.3) is 5.91 Å².